The maximum atomic E-state index is 13.2. The first-order valence-electron chi connectivity index (χ1n) is 3.72. The molecule has 0 aromatic heterocycles. The van der Waals surface area contributed by atoms with E-state index in [1.165, 1.54) is 19.2 Å². The smallest absolute Gasteiger partial charge is 0.339 e. The summed E-state index contributed by atoms with van der Waals surface area (Å²) in [5.41, 5.74) is 0.677. The highest BCUT2D eigenvalue weighted by molar-refractivity contribution is 9.10. The molecule has 0 spiro atoms. The van der Waals surface area contributed by atoms with E-state index in [4.69, 9.17) is 11.6 Å². The van der Waals surface area contributed by atoms with E-state index in [0.29, 0.717) is 5.56 Å². The monoisotopic (exact) mass is 280 g/mol. The number of hydrogen-bond acceptors (Lipinski definition) is 2. The third kappa shape index (κ3) is 2.25. The molecule has 0 radical (unpaired) electrons. The van der Waals surface area contributed by atoms with E-state index in [0.717, 1.165) is 0 Å². The summed E-state index contributed by atoms with van der Waals surface area (Å²) in [4.78, 5) is 11.2. The average Bonchev–Trinajstić information content (AvgIpc) is 2.20. The lowest BCUT2D eigenvalue weighted by Gasteiger charge is -2.05. The minimum atomic E-state index is -0.595. The minimum absolute atomic E-state index is 0.0956. The van der Waals surface area contributed by atoms with Crippen molar-refractivity contribution in [2.45, 2.75) is 5.88 Å². The van der Waals surface area contributed by atoms with Crippen molar-refractivity contribution in [2.24, 2.45) is 0 Å². The van der Waals surface area contributed by atoms with Crippen molar-refractivity contribution in [3.63, 3.8) is 0 Å². The van der Waals surface area contributed by atoms with Crippen molar-refractivity contribution in [3.8, 4) is 0 Å². The summed E-state index contributed by atoms with van der Waals surface area (Å²) in [5.74, 6) is -0.972. The Kier molecular flexibility index (Phi) is 3.89. The zero-order chi connectivity index (χ0) is 10.7. The number of hydrogen-bond donors (Lipinski definition) is 0. The van der Waals surface area contributed by atoms with Gasteiger partial charge in [-0.15, -0.1) is 11.6 Å². The molecular formula is C9H7BrClFO2. The Labute approximate surface area is 94.1 Å². The maximum absolute atomic E-state index is 13.2. The third-order valence-corrected chi connectivity index (χ3v) is 2.76. The summed E-state index contributed by atoms with van der Waals surface area (Å²) in [6, 6.07) is 2.76. The van der Waals surface area contributed by atoms with Gasteiger partial charge in [0, 0.05) is 5.88 Å². The first kappa shape index (κ1) is 11.5. The summed E-state index contributed by atoms with van der Waals surface area (Å²) >= 11 is 8.50. The molecule has 0 aliphatic carbocycles. The molecule has 0 heterocycles. The zero-order valence-corrected chi connectivity index (χ0v) is 9.65. The lowest BCUT2D eigenvalue weighted by molar-refractivity contribution is 0.0599. The minimum Gasteiger partial charge on any atom is -0.465 e. The molecule has 0 aliphatic rings. The SMILES string of the molecule is COC(=O)c1cc(CCl)cc(F)c1Br. The Bertz CT molecular complexity index is 368. The molecule has 0 fully saturated rings. The van der Waals surface area contributed by atoms with Crippen molar-refractivity contribution in [3.05, 3.63) is 33.5 Å². The highest BCUT2D eigenvalue weighted by Gasteiger charge is 2.15. The number of halogens is 3. The lowest BCUT2D eigenvalue weighted by Crippen LogP contribution is -2.04. The Morgan fingerprint density at radius 3 is 2.79 bits per heavy atom. The van der Waals surface area contributed by atoms with Crippen molar-refractivity contribution in [1.29, 1.82) is 0 Å². The van der Waals surface area contributed by atoms with Crippen molar-refractivity contribution in [1.82, 2.24) is 0 Å². The van der Waals surface area contributed by atoms with Crippen LogP contribution in [0.2, 0.25) is 0 Å². The van der Waals surface area contributed by atoms with Gasteiger partial charge in [-0.2, -0.15) is 0 Å². The Balaban J connectivity index is 3.27. The van der Waals surface area contributed by atoms with E-state index >= 15 is 0 Å². The number of benzene rings is 1. The van der Waals surface area contributed by atoms with Gasteiger partial charge in [-0.1, -0.05) is 0 Å². The van der Waals surface area contributed by atoms with Crippen LogP contribution >= 0.6 is 27.5 Å². The summed E-state index contributed by atoms with van der Waals surface area (Å²) in [6.07, 6.45) is 0. The second kappa shape index (κ2) is 4.75. The fraction of sp³-hybridized carbons (Fsp3) is 0.222. The van der Waals surface area contributed by atoms with E-state index in [-0.39, 0.29) is 15.9 Å². The van der Waals surface area contributed by atoms with Crippen LogP contribution in [-0.4, -0.2) is 13.1 Å². The molecular weight excluding hydrogens is 274 g/mol. The number of alkyl halides is 1. The molecule has 1 aromatic carbocycles. The summed E-state index contributed by atoms with van der Waals surface area (Å²) < 4.78 is 17.8. The van der Waals surface area contributed by atoms with Crippen molar-refractivity contribution in [2.75, 3.05) is 7.11 Å². The Morgan fingerprint density at radius 1 is 1.64 bits per heavy atom. The quantitative estimate of drug-likeness (QED) is 0.615. The van der Waals surface area contributed by atoms with Crippen LogP contribution in [0.15, 0.2) is 16.6 Å². The van der Waals surface area contributed by atoms with Gasteiger partial charge in [-0.3, -0.25) is 0 Å². The van der Waals surface area contributed by atoms with Gasteiger partial charge in [-0.25, -0.2) is 9.18 Å². The molecule has 1 aromatic rings. The van der Waals surface area contributed by atoms with Crippen LogP contribution < -0.4 is 0 Å². The predicted molar refractivity (Wildman–Crippen MR) is 55.0 cm³/mol. The van der Waals surface area contributed by atoms with Crippen LogP contribution in [0, 0.1) is 5.82 Å². The molecule has 0 aliphatic heterocycles. The first-order chi connectivity index (χ1) is 6.60. The van der Waals surface area contributed by atoms with Crippen molar-refractivity contribution >= 4 is 33.5 Å². The second-order valence-electron chi connectivity index (χ2n) is 2.56. The first-order valence-corrected chi connectivity index (χ1v) is 5.05. The molecule has 5 heteroatoms. The highest BCUT2D eigenvalue weighted by atomic mass is 79.9. The molecule has 14 heavy (non-hydrogen) atoms. The van der Waals surface area contributed by atoms with Crippen LogP contribution in [0.4, 0.5) is 4.39 Å². The van der Waals surface area contributed by atoms with E-state index < -0.39 is 11.8 Å². The van der Waals surface area contributed by atoms with Crippen LogP contribution in [0.3, 0.4) is 0 Å². The van der Waals surface area contributed by atoms with Crippen LogP contribution in [0.25, 0.3) is 0 Å². The van der Waals surface area contributed by atoms with E-state index in [2.05, 4.69) is 20.7 Å². The Morgan fingerprint density at radius 2 is 2.29 bits per heavy atom. The summed E-state index contributed by atoms with van der Waals surface area (Å²) in [5, 5.41) is 0. The van der Waals surface area contributed by atoms with Crippen LogP contribution in [-0.2, 0) is 10.6 Å². The fourth-order valence-electron chi connectivity index (χ4n) is 0.981. The van der Waals surface area contributed by atoms with Gasteiger partial charge < -0.3 is 4.74 Å². The average molecular weight is 282 g/mol. The number of esters is 1. The zero-order valence-electron chi connectivity index (χ0n) is 7.31. The largest absolute Gasteiger partial charge is 0.465 e. The maximum Gasteiger partial charge on any atom is 0.339 e. The molecule has 0 saturated heterocycles. The number of rotatable bonds is 2. The number of ether oxygens (including phenoxy) is 1. The standard InChI is InChI=1S/C9H7BrClFO2/c1-14-9(13)6-2-5(4-11)3-7(12)8(6)10/h2-3H,4H2,1H3. The van der Waals surface area contributed by atoms with Gasteiger partial charge >= 0.3 is 5.97 Å². The van der Waals surface area contributed by atoms with Gasteiger partial charge in [0.2, 0.25) is 0 Å². The van der Waals surface area contributed by atoms with E-state index in [9.17, 15) is 9.18 Å². The van der Waals surface area contributed by atoms with Crippen LogP contribution in [0.5, 0.6) is 0 Å². The van der Waals surface area contributed by atoms with Gasteiger partial charge in [0.25, 0.3) is 0 Å². The van der Waals surface area contributed by atoms with Crippen LogP contribution in [0.1, 0.15) is 15.9 Å². The summed E-state index contributed by atoms with van der Waals surface area (Å²) in [7, 11) is 1.24. The predicted octanol–water partition coefficient (Wildman–Crippen LogP) is 3.11. The van der Waals surface area contributed by atoms with Crippen molar-refractivity contribution < 1.29 is 13.9 Å². The molecule has 0 atom stereocenters. The Hall–Kier alpha value is -0.610. The number of carbonyl (C=O) groups is 1. The third-order valence-electron chi connectivity index (χ3n) is 1.65. The van der Waals surface area contributed by atoms with Gasteiger partial charge in [0.1, 0.15) is 5.82 Å². The lowest BCUT2D eigenvalue weighted by atomic mass is 10.1. The fourth-order valence-corrected chi connectivity index (χ4v) is 1.53. The highest BCUT2D eigenvalue weighted by Crippen LogP contribution is 2.24. The molecule has 0 unspecified atom stereocenters. The topological polar surface area (TPSA) is 26.3 Å². The molecule has 76 valence electrons. The molecule has 1 rings (SSSR count). The molecule has 0 N–H and O–H groups in total. The molecule has 0 amide bonds. The van der Waals surface area contributed by atoms with E-state index in [1.54, 1.807) is 0 Å². The van der Waals surface area contributed by atoms with Gasteiger partial charge in [0.15, 0.2) is 0 Å². The normalized spacial score (nSPS) is 10.0. The van der Waals surface area contributed by atoms with Gasteiger partial charge in [0.05, 0.1) is 17.1 Å². The molecule has 0 bridgehead atoms. The van der Waals surface area contributed by atoms with Gasteiger partial charge in [-0.05, 0) is 33.6 Å². The number of carbonyl (C=O) groups excluding carboxylic acids is 1. The molecule has 0 saturated carbocycles. The summed E-state index contributed by atoms with van der Waals surface area (Å²) in [6.45, 7) is 0. The van der Waals surface area contributed by atoms with E-state index in [1.807, 2.05) is 0 Å². The molecule has 2 nitrogen and oxygen atoms in total. The second-order valence-corrected chi connectivity index (χ2v) is 3.62. The number of methoxy groups -OCH3 is 1.